The predicted octanol–water partition coefficient (Wildman–Crippen LogP) is 1.86. The Kier molecular flexibility index (Phi) is 5.68. The maximum Gasteiger partial charge on any atom is 0.322 e. The van der Waals surface area contributed by atoms with Gasteiger partial charge in [-0.3, -0.25) is 10.1 Å². The van der Waals surface area contributed by atoms with Crippen LogP contribution >= 0.6 is 0 Å². The molecule has 8 heteroatoms. The van der Waals surface area contributed by atoms with Gasteiger partial charge in [0.25, 0.3) is 5.69 Å². The zero-order valence-corrected chi connectivity index (χ0v) is 12.4. The Morgan fingerprint density at radius 1 is 1.36 bits per heavy atom. The first-order chi connectivity index (χ1) is 10.6. The lowest BCUT2D eigenvalue weighted by Crippen LogP contribution is -2.56. The van der Waals surface area contributed by atoms with Gasteiger partial charge in [0, 0.05) is 38.1 Å². The van der Waals surface area contributed by atoms with Crippen LogP contribution in [0, 0.1) is 10.1 Å². The predicted molar refractivity (Wildman–Crippen MR) is 79.9 cm³/mol. The van der Waals surface area contributed by atoms with Crippen LogP contribution in [0.3, 0.4) is 0 Å². The summed E-state index contributed by atoms with van der Waals surface area (Å²) >= 11 is 0. The van der Waals surface area contributed by atoms with E-state index >= 15 is 0 Å². The van der Waals surface area contributed by atoms with E-state index < -0.39 is 4.92 Å². The van der Waals surface area contributed by atoms with Gasteiger partial charge in [-0.1, -0.05) is 0 Å². The molecule has 1 aliphatic heterocycles. The van der Waals surface area contributed by atoms with Gasteiger partial charge in [0.2, 0.25) is 0 Å². The first-order valence-corrected chi connectivity index (χ1v) is 7.01. The lowest BCUT2D eigenvalue weighted by atomic mass is 10.2. The molecule has 0 aromatic heterocycles. The molecule has 0 unspecified atom stereocenters. The van der Waals surface area contributed by atoms with Crippen molar-refractivity contribution in [1.29, 1.82) is 0 Å². The molecule has 1 aliphatic rings. The Bertz CT molecular complexity index is 514. The molecule has 120 valence electrons. The van der Waals surface area contributed by atoms with Gasteiger partial charge in [0.05, 0.1) is 24.1 Å². The Morgan fingerprint density at radius 2 is 2.05 bits per heavy atom. The summed E-state index contributed by atoms with van der Waals surface area (Å²) in [6.45, 7) is 2.38. The van der Waals surface area contributed by atoms with Crippen molar-refractivity contribution >= 4 is 17.4 Å². The first-order valence-electron chi connectivity index (χ1n) is 7.01. The summed E-state index contributed by atoms with van der Waals surface area (Å²) in [4.78, 5) is 23.6. The third-order valence-corrected chi connectivity index (χ3v) is 3.31. The van der Waals surface area contributed by atoms with Crippen molar-refractivity contribution in [2.45, 2.75) is 12.5 Å². The lowest BCUT2D eigenvalue weighted by Gasteiger charge is -2.38. The van der Waals surface area contributed by atoms with Crippen LogP contribution in [0.15, 0.2) is 24.3 Å². The summed E-state index contributed by atoms with van der Waals surface area (Å²) in [5, 5.41) is 13.2. The second-order valence-electron chi connectivity index (χ2n) is 4.98. The van der Waals surface area contributed by atoms with Gasteiger partial charge in [0.1, 0.15) is 0 Å². The van der Waals surface area contributed by atoms with E-state index in [1.54, 1.807) is 12.0 Å². The number of urea groups is 1. The van der Waals surface area contributed by atoms with Gasteiger partial charge in [-0.2, -0.15) is 0 Å². The van der Waals surface area contributed by atoms with E-state index in [-0.39, 0.29) is 17.8 Å². The molecule has 1 heterocycles. The molecular formula is C14H19N3O5. The van der Waals surface area contributed by atoms with E-state index in [0.717, 1.165) is 6.42 Å². The van der Waals surface area contributed by atoms with Crippen LogP contribution in [0.25, 0.3) is 0 Å². The molecular weight excluding hydrogens is 290 g/mol. The minimum atomic E-state index is -0.480. The average molecular weight is 309 g/mol. The quantitative estimate of drug-likeness (QED) is 0.471. The molecule has 1 aromatic carbocycles. The topological polar surface area (TPSA) is 93.9 Å². The number of hydrogen-bond acceptors (Lipinski definition) is 5. The number of carbonyl (C=O) groups excluding carboxylic acids is 1. The Balaban J connectivity index is 1.69. The summed E-state index contributed by atoms with van der Waals surface area (Å²) in [5.41, 5.74) is 0.520. The van der Waals surface area contributed by atoms with Gasteiger partial charge in [-0.25, -0.2) is 4.79 Å². The highest BCUT2D eigenvalue weighted by Gasteiger charge is 2.31. The van der Waals surface area contributed by atoms with Gasteiger partial charge in [-0.15, -0.1) is 0 Å². The number of ether oxygens (including phenoxy) is 2. The van der Waals surface area contributed by atoms with Crippen LogP contribution in [-0.4, -0.2) is 55.4 Å². The van der Waals surface area contributed by atoms with Crippen LogP contribution in [-0.2, 0) is 9.47 Å². The molecule has 0 spiro atoms. The summed E-state index contributed by atoms with van der Waals surface area (Å²) in [6.07, 6.45) is 0.904. The van der Waals surface area contributed by atoms with Crippen LogP contribution in [0.2, 0.25) is 0 Å². The maximum absolute atomic E-state index is 11.9. The fraction of sp³-hybridized carbons (Fsp3) is 0.500. The molecule has 0 saturated carbocycles. The van der Waals surface area contributed by atoms with E-state index in [0.29, 0.717) is 32.0 Å². The van der Waals surface area contributed by atoms with Crippen molar-refractivity contribution in [1.82, 2.24) is 4.90 Å². The van der Waals surface area contributed by atoms with Crippen molar-refractivity contribution in [3.63, 3.8) is 0 Å². The van der Waals surface area contributed by atoms with E-state index in [2.05, 4.69) is 5.32 Å². The number of nitrogens with one attached hydrogen (secondary N) is 1. The zero-order valence-electron chi connectivity index (χ0n) is 12.4. The molecule has 1 N–H and O–H groups in total. The molecule has 0 atom stereocenters. The smallest absolute Gasteiger partial charge is 0.322 e. The maximum atomic E-state index is 11.9. The molecule has 1 aromatic rings. The van der Waals surface area contributed by atoms with Crippen molar-refractivity contribution < 1.29 is 19.2 Å². The molecule has 0 radical (unpaired) electrons. The van der Waals surface area contributed by atoms with Crippen LogP contribution in [0.4, 0.5) is 16.2 Å². The van der Waals surface area contributed by atoms with Crippen molar-refractivity contribution in [3.05, 3.63) is 34.4 Å². The molecule has 0 aliphatic carbocycles. The molecule has 1 saturated heterocycles. The number of amides is 2. The fourth-order valence-electron chi connectivity index (χ4n) is 2.03. The van der Waals surface area contributed by atoms with Crippen molar-refractivity contribution in [2.75, 3.05) is 38.7 Å². The molecule has 2 amide bonds. The van der Waals surface area contributed by atoms with Crippen LogP contribution in [0.1, 0.15) is 6.42 Å². The van der Waals surface area contributed by atoms with Gasteiger partial charge in [0.15, 0.2) is 0 Å². The minimum Gasteiger partial charge on any atom is -0.385 e. The molecule has 1 fully saturated rings. The highest BCUT2D eigenvalue weighted by Crippen LogP contribution is 2.18. The fourth-order valence-corrected chi connectivity index (χ4v) is 2.03. The van der Waals surface area contributed by atoms with E-state index in [9.17, 15) is 14.9 Å². The number of anilines is 1. The molecule has 0 bridgehead atoms. The third kappa shape index (κ3) is 4.40. The number of non-ortho nitro benzene ring substituents is 1. The number of nitro groups is 1. The van der Waals surface area contributed by atoms with E-state index in [1.807, 2.05) is 0 Å². The summed E-state index contributed by atoms with van der Waals surface area (Å²) in [7, 11) is 1.65. The monoisotopic (exact) mass is 309 g/mol. The van der Waals surface area contributed by atoms with Crippen LogP contribution < -0.4 is 5.32 Å². The zero-order chi connectivity index (χ0) is 15.9. The Labute approximate surface area is 128 Å². The number of benzene rings is 1. The molecule has 8 nitrogen and oxygen atoms in total. The normalized spacial score (nSPS) is 14.5. The molecule has 2 rings (SSSR count). The summed E-state index contributed by atoms with van der Waals surface area (Å²) in [5.74, 6) is 0. The van der Waals surface area contributed by atoms with Crippen LogP contribution in [0.5, 0.6) is 0 Å². The highest BCUT2D eigenvalue weighted by molar-refractivity contribution is 5.90. The van der Waals surface area contributed by atoms with E-state index in [4.69, 9.17) is 9.47 Å². The highest BCUT2D eigenvalue weighted by atomic mass is 16.6. The van der Waals surface area contributed by atoms with Gasteiger partial charge in [-0.05, 0) is 18.6 Å². The standard InChI is InChI=1S/C14H19N3O5/c1-21-7-2-8-22-13-9-16(10-13)14(18)15-11-3-5-12(6-4-11)17(19)20/h3-6,13H,2,7-10H2,1H3,(H,15,18). The summed E-state index contributed by atoms with van der Waals surface area (Å²) in [6, 6.07) is 5.50. The van der Waals surface area contributed by atoms with Gasteiger partial charge >= 0.3 is 6.03 Å². The second kappa shape index (κ2) is 7.71. The number of nitro benzene ring substituents is 1. The van der Waals surface area contributed by atoms with E-state index in [1.165, 1.54) is 24.3 Å². The van der Waals surface area contributed by atoms with Crippen molar-refractivity contribution in [3.8, 4) is 0 Å². The lowest BCUT2D eigenvalue weighted by molar-refractivity contribution is -0.384. The SMILES string of the molecule is COCCCOC1CN(C(=O)Nc2ccc([N+](=O)[O-])cc2)C1. The summed E-state index contributed by atoms with van der Waals surface area (Å²) < 4.78 is 10.5. The number of likely N-dealkylation sites (tertiary alicyclic amines) is 1. The second-order valence-corrected chi connectivity index (χ2v) is 4.98. The Morgan fingerprint density at radius 3 is 2.64 bits per heavy atom. The molecule has 22 heavy (non-hydrogen) atoms. The minimum absolute atomic E-state index is 0.00790. The number of methoxy groups -OCH3 is 1. The number of carbonyl (C=O) groups is 1. The van der Waals surface area contributed by atoms with Gasteiger partial charge < -0.3 is 19.7 Å². The number of rotatable bonds is 7. The van der Waals surface area contributed by atoms with Crippen molar-refractivity contribution in [2.24, 2.45) is 0 Å². The first kappa shape index (κ1) is 16.2. The largest absolute Gasteiger partial charge is 0.385 e. The third-order valence-electron chi connectivity index (χ3n) is 3.31. The Hall–Kier alpha value is -2.19. The average Bonchev–Trinajstić information content (AvgIpc) is 2.45. The number of hydrogen-bond donors (Lipinski definition) is 1. The number of nitrogens with zero attached hydrogens (tertiary/aromatic N) is 2.